The molecular formula is C21H25IN4O2S. The van der Waals surface area contributed by atoms with Gasteiger partial charge in [0.25, 0.3) is 0 Å². The molecule has 1 atom stereocenters. The number of aliphatic imine (C=N–C) groups is 1. The first-order valence-electron chi connectivity index (χ1n) is 9.14. The maximum absolute atomic E-state index is 11.1. The number of nitrogens with one attached hydrogen (secondary N) is 2. The van der Waals surface area contributed by atoms with Gasteiger partial charge in [-0.25, -0.2) is 4.99 Å². The third-order valence-electron chi connectivity index (χ3n) is 4.24. The zero-order chi connectivity index (χ0) is 19.9. The third kappa shape index (κ3) is 6.41. The normalized spacial score (nSPS) is 12.3. The highest BCUT2D eigenvalue weighted by molar-refractivity contribution is 14.0. The number of aliphatic hydroxyl groups excluding tert-OH is 1. The first-order chi connectivity index (χ1) is 13.6. The lowest BCUT2D eigenvalue weighted by atomic mass is 10.1. The summed E-state index contributed by atoms with van der Waals surface area (Å²) in [6.45, 7) is 3.51. The van der Waals surface area contributed by atoms with Gasteiger partial charge in [0.15, 0.2) is 5.96 Å². The number of nitrogens with two attached hydrogens (primary N) is 1. The summed E-state index contributed by atoms with van der Waals surface area (Å²) in [5, 5.41) is 18.0. The van der Waals surface area contributed by atoms with Crippen molar-refractivity contribution in [2.75, 3.05) is 13.1 Å². The molecule has 0 bridgehead atoms. The molecule has 6 nitrogen and oxygen atoms in total. The SMILES string of the molecule is CCNC(=NCc1ccc(C(N)=O)cc1)NCC(O)c1cc2ccccc2s1.I. The molecule has 0 aliphatic rings. The third-order valence-corrected chi connectivity index (χ3v) is 5.46. The predicted molar refractivity (Wildman–Crippen MR) is 130 cm³/mol. The number of thiophene rings is 1. The summed E-state index contributed by atoms with van der Waals surface area (Å²) in [6, 6.07) is 17.2. The molecule has 0 fully saturated rings. The lowest BCUT2D eigenvalue weighted by molar-refractivity contribution is 0.100. The highest BCUT2D eigenvalue weighted by Crippen LogP contribution is 2.29. The van der Waals surface area contributed by atoms with E-state index in [9.17, 15) is 9.90 Å². The number of fused-ring (bicyclic) bond motifs is 1. The molecular weight excluding hydrogens is 499 g/mol. The van der Waals surface area contributed by atoms with E-state index in [1.54, 1.807) is 23.5 Å². The quantitative estimate of drug-likeness (QED) is 0.216. The van der Waals surface area contributed by atoms with Gasteiger partial charge in [-0.05, 0) is 42.1 Å². The molecule has 3 rings (SSSR count). The van der Waals surface area contributed by atoms with Crippen molar-refractivity contribution >= 4 is 57.3 Å². The number of primary amides is 1. The average molecular weight is 524 g/mol. The lowest BCUT2D eigenvalue weighted by Gasteiger charge is -2.14. The van der Waals surface area contributed by atoms with Crippen LogP contribution in [0.15, 0.2) is 59.6 Å². The highest BCUT2D eigenvalue weighted by Gasteiger charge is 2.12. The minimum absolute atomic E-state index is 0. The number of benzene rings is 2. The van der Waals surface area contributed by atoms with Crippen molar-refractivity contribution < 1.29 is 9.90 Å². The number of carbonyl (C=O) groups is 1. The van der Waals surface area contributed by atoms with E-state index in [0.717, 1.165) is 20.5 Å². The van der Waals surface area contributed by atoms with Crippen LogP contribution in [0, 0.1) is 0 Å². The van der Waals surface area contributed by atoms with Gasteiger partial charge in [-0.1, -0.05) is 30.3 Å². The Morgan fingerprint density at radius 3 is 2.55 bits per heavy atom. The Morgan fingerprint density at radius 2 is 1.90 bits per heavy atom. The summed E-state index contributed by atoms with van der Waals surface area (Å²) in [5.74, 6) is 0.182. The first kappa shape index (κ1) is 23.1. The summed E-state index contributed by atoms with van der Waals surface area (Å²) in [5.41, 5.74) is 6.70. The maximum Gasteiger partial charge on any atom is 0.248 e. The lowest BCUT2D eigenvalue weighted by Crippen LogP contribution is -2.39. The molecule has 2 aromatic carbocycles. The van der Waals surface area contributed by atoms with Crippen LogP contribution in [-0.4, -0.2) is 30.1 Å². The molecule has 1 amide bonds. The summed E-state index contributed by atoms with van der Waals surface area (Å²) < 4.78 is 1.16. The Balaban J connectivity index is 0.00000300. The fourth-order valence-corrected chi connectivity index (χ4v) is 3.80. The summed E-state index contributed by atoms with van der Waals surface area (Å²) in [6.07, 6.45) is -0.615. The Kier molecular flexibility index (Phi) is 8.87. The fourth-order valence-electron chi connectivity index (χ4n) is 2.75. The second kappa shape index (κ2) is 11.1. The smallest absolute Gasteiger partial charge is 0.248 e. The van der Waals surface area contributed by atoms with Crippen LogP contribution in [-0.2, 0) is 6.54 Å². The molecule has 29 heavy (non-hydrogen) atoms. The van der Waals surface area contributed by atoms with E-state index in [1.807, 2.05) is 43.3 Å². The highest BCUT2D eigenvalue weighted by atomic mass is 127. The number of hydrogen-bond acceptors (Lipinski definition) is 4. The number of nitrogens with zero attached hydrogens (tertiary/aromatic N) is 1. The van der Waals surface area contributed by atoms with Crippen LogP contribution in [0.5, 0.6) is 0 Å². The van der Waals surface area contributed by atoms with E-state index < -0.39 is 12.0 Å². The van der Waals surface area contributed by atoms with Crippen molar-refractivity contribution in [3.05, 3.63) is 70.6 Å². The number of carbonyl (C=O) groups excluding carboxylic acids is 1. The zero-order valence-corrected chi connectivity index (χ0v) is 19.2. The van der Waals surface area contributed by atoms with Gasteiger partial charge < -0.3 is 21.5 Å². The molecule has 1 aromatic heterocycles. The molecule has 0 saturated heterocycles. The van der Waals surface area contributed by atoms with Crippen LogP contribution in [0.2, 0.25) is 0 Å². The number of aliphatic hydroxyl groups is 1. The van der Waals surface area contributed by atoms with Crippen molar-refractivity contribution in [3.8, 4) is 0 Å². The molecule has 8 heteroatoms. The van der Waals surface area contributed by atoms with E-state index in [4.69, 9.17) is 5.73 Å². The minimum Gasteiger partial charge on any atom is -0.386 e. The van der Waals surface area contributed by atoms with Crippen molar-refractivity contribution in [2.24, 2.45) is 10.7 Å². The van der Waals surface area contributed by atoms with Crippen molar-refractivity contribution in [2.45, 2.75) is 19.6 Å². The molecule has 0 saturated carbocycles. The van der Waals surface area contributed by atoms with Crippen LogP contribution in [0.3, 0.4) is 0 Å². The molecule has 1 heterocycles. The van der Waals surface area contributed by atoms with Gasteiger partial charge in [0.05, 0.1) is 6.54 Å². The first-order valence-corrected chi connectivity index (χ1v) is 9.96. The topological polar surface area (TPSA) is 99.7 Å². The van der Waals surface area contributed by atoms with E-state index in [-0.39, 0.29) is 24.0 Å². The van der Waals surface area contributed by atoms with Gasteiger partial charge in [0.1, 0.15) is 6.10 Å². The molecule has 0 aliphatic heterocycles. The van der Waals surface area contributed by atoms with Crippen molar-refractivity contribution in [1.82, 2.24) is 10.6 Å². The molecule has 0 aliphatic carbocycles. The Morgan fingerprint density at radius 1 is 1.17 bits per heavy atom. The fraction of sp³-hybridized carbons (Fsp3) is 0.238. The number of guanidine groups is 1. The van der Waals surface area contributed by atoms with Gasteiger partial charge in [-0.15, -0.1) is 35.3 Å². The van der Waals surface area contributed by atoms with E-state index in [2.05, 4.69) is 21.7 Å². The van der Waals surface area contributed by atoms with Gasteiger partial charge in [0, 0.05) is 28.2 Å². The van der Waals surface area contributed by atoms with Crippen molar-refractivity contribution in [3.63, 3.8) is 0 Å². The van der Waals surface area contributed by atoms with Gasteiger partial charge in [-0.3, -0.25) is 4.79 Å². The standard InChI is InChI=1S/C21H24N4O2S.HI/c1-2-23-21(24-12-14-7-9-15(10-8-14)20(22)27)25-13-17(26)19-11-16-5-3-4-6-18(16)28-19;/h3-11,17,26H,2,12-13H2,1H3,(H2,22,27)(H2,23,24,25);1H. The number of amides is 1. The van der Waals surface area contributed by atoms with Gasteiger partial charge >= 0.3 is 0 Å². The second-order valence-corrected chi connectivity index (χ2v) is 7.45. The van der Waals surface area contributed by atoms with Crippen LogP contribution in [0.25, 0.3) is 10.1 Å². The Labute approximate surface area is 191 Å². The van der Waals surface area contributed by atoms with Gasteiger partial charge in [-0.2, -0.15) is 0 Å². The van der Waals surface area contributed by atoms with Crippen LogP contribution in [0.1, 0.15) is 33.8 Å². The molecule has 5 N–H and O–H groups in total. The molecule has 1 unspecified atom stereocenters. The minimum atomic E-state index is -0.615. The van der Waals surface area contributed by atoms with E-state index >= 15 is 0 Å². The summed E-state index contributed by atoms with van der Waals surface area (Å²) in [7, 11) is 0. The molecule has 154 valence electrons. The van der Waals surface area contributed by atoms with Crippen LogP contribution >= 0.6 is 35.3 Å². The second-order valence-electron chi connectivity index (χ2n) is 6.34. The number of rotatable bonds is 7. The van der Waals surface area contributed by atoms with E-state index in [1.165, 1.54) is 0 Å². The predicted octanol–water partition coefficient (Wildman–Crippen LogP) is 3.41. The summed E-state index contributed by atoms with van der Waals surface area (Å²) >= 11 is 1.60. The average Bonchev–Trinajstić information content (AvgIpc) is 3.14. The van der Waals surface area contributed by atoms with E-state index in [0.29, 0.717) is 31.2 Å². The summed E-state index contributed by atoms with van der Waals surface area (Å²) in [4.78, 5) is 16.6. The Bertz CT molecular complexity index is 939. The van der Waals surface area contributed by atoms with Crippen molar-refractivity contribution in [1.29, 1.82) is 0 Å². The largest absolute Gasteiger partial charge is 0.386 e. The number of halogens is 1. The molecule has 0 spiro atoms. The van der Waals surface area contributed by atoms with Crippen LogP contribution in [0.4, 0.5) is 0 Å². The molecule has 3 aromatic rings. The molecule has 0 radical (unpaired) electrons. The number of hydrogen-bond donors (Lipinski definition) is 4. The zero-order valence-electron chi connectivity index (χ0n) is 16.1. The van der Waals surface area contributed by atoms with Crippen LogP contribution < -0.4 is 16.4 Å². The maximum atomic E-state index is 11.1. The Hall–Kier alpha value is -2.17. The monoisotopic (exact) mass is 524 g/mol. The van der Waals surface area contributed by atoms with Gasteiger partial charge in [0.2, 0.25) is 5.91 Å².